The molecular weight excluding hydrogens is 252 g/mol. The number of rotatable bonds is 1. The molecule has 0 N–H and O–H groups in total. The maximum atomic E-state index is 3.63. The molecule has 2 aliphatic rings. The number of hydrogen-bond acceptors (Lipinski definition) is 0. The zero-order valence-electron chi connectivity index (χ0n) is 12.7. The van der Waals surface area contributed by atoms with E-state index in [2.05, 4.69) is 37.8 Å². The molecule has 106 valence electrons. The molecule has 2 aliphatic carbocycles. The van der Waals surface area contributed by atoms with Crippen molar-refractivity contribution in [3.8, 4) is 0 Å². The Kier molecular flexibility index (Phi) is 4.06. The summed E-state index contributed by atoms with van der Waals surface area (Å²) in [6, 6.07) is 18.9. The van der Waals surface area contributed by atoms with Gasteiger partial charge in [0.15, 0.2) is 0 Å². The van der Waals surface area contributed by atoms with Gasteiger partial charge in [-0.1, -0.05) is 79.7 Å². The minimum Gasteiger partial charge on any atom is -0.0985 e. The van der Waals surface area contributed by atoms with Crippen LogP contribution in [0, 0.1) is 5.92 Å². The summed E-state index contributed by atoms with van der Waals surface area (Å²) in [5, 5.41) is 0. The fourth-order valence-corrected chi connectivity index (χ4v) is 3.04. The van der Waals surface area contributed by atoms with Crippen LogP contribution in [-0.4, -0.2) is 0 Å². The summed E-state index contributed by atoms with van der Waals surface area (Å²) in [4.78, 5) is 0. The van der Waals surface area contributed by atoms with Gasteiger partial charge in [0.2, 0.25) is 0 Å². The summed E-state index contributed by atoms with van der Waals surface area (Å²) >= 11 is 0. The first-order chi connectivity index (χ1) is 10.3. The molecule has 2 aromatic rings. The average molecular weight is 274 g/mol. The third-order valence-corrected chi connectivity index (χ3v) is 4.37. The van der Waals surface area contributed by atoms with Gasteiger partial charge in [-0.2, -0.15) is 0 Å². The normalized spacial score (nSPS) is 22.0. The first kappa shape index (κ1) is 13.9. The van der Waals surface area contributed by atoms with Crippen LogP contribution in [0.4, 0.5) is 0 Å². The van der Waals surface area contributed by atoms with Crippen molar-refractivity contribution in [1.29, 1.82) is 0 Å². The van der Waals surface area contributed by atoms with Crippen LogP contribution >= 0.6 is 0 Å². The third kappa shape index (κ3) is 3.16. The summed E-state index contributed by atoms with van der Waals surface area (Å²) in [6.45, 7) is 5.97. The Labute approximate surface area is 127 Å². The van der Waals surface area contributed by atoms with Crippen molar-refractivity contribution in [2.45, 2.75) is 26.2 Å². The van der Waals surface area contributed by atoms with Crippen LogP contribution in [-0.2, 0) is 6.42 Å². The van der Waals surface area contributed by atoms with E-state index in [0.717, 1.165) is 5.92 Å². The summed E-state index contributed by atoms with van der Waals surface area (Å²) in [7, 11) is 0. The Morgan fingerprint density at radius 3 is 2.24 bits per heavy atom. The number of fused-ring (bicyclic) bond motifs is 1. The molecule has 0 saturated heterocycles. The fourth-order valence-electron chi connectivity index (χ4n) is 3.04. The highest BCUT2D eigenvalue weighted by Gasteiger charge is 2.31. The first-order valence-corrected chi connectivity index (χ1v) is 7.77. The van der Waals surface area contributed by atoms with E-state index in [1.807, 2.05) is 36.4 Å². The van der Waals surface area contributed by atoms with E-state index in [1.165, 1.54) is 24.8 Å². The highest BCUT2D eigenvalue weighted by molar-refractivity contribution is 5.77. The largest absolute Gasteiger partial charge is 0.0985 e. The summed E-state index contributed by atoms with van der Waals surface area (Å²) in [5.41, 5.74) is 7.67. The second kappa shape index (κ2) is 6.13. The van der Waals surface area contributed by atoms with Gasteiger partial charge in [0.05, 0.1) is 0 Å². The van der Waals surface area contributed by atoms with Gasteiger partial charge < -0.3 is 0 Å². The smallest absolute Gasteiger partial charge is 0.0188 e. The van der Waals surface area contributed by atoms with E-state index < -0.39 is 0 Å². The maximum Gasteiger partial charge on any atom is -0.0188 e. The van der Waals surface area contributed by atoms with Crippen LogP contribution in [0.2, 0.25) is 0 Å². The van der Waals surface area contributed by atoms with Gasteiger partial charge in [0.25, 0.3) is 0 Å². The number of benzene rings is 2. The lowest BCUT2D eigenvalue weighted by molar-refractivity contribution is 1.01. The van der Waals surface area contributed by atoms with Gasteiger partial charge >= 0.3 is 0 Å². The molecule has 1 fully saturated rings. The average Bonchev–Trinajstić information content (AvgIpc) is 3.12. The van der Waals surface area contributed by atoms with E-state index in [9.17, 15) is 0 Å². The van der Waals surface area contributed by atoms with Crippen molar-refractivity contribution in [3.05, 3.63) is 83.4 Å². The molecule has 0 radical (unpaired) electrons. The van der Waals surface area contributed by atoms with Crippen molar-refractivity contribution in [2.75, 3.05) is 0 Å². The molecule has 0 aromatic heterocycles. The van der Waals surface area contributed by atoms with E-state index in [1.54, 1.807) is 22.3 Å². The lowest BCUT2D eigenvalue weighted by Crippen LogP contribution is -1.78. The molecule has 0 bridgehead atoms. The van der Waals surface area contributed by atoms with Crippen molar-refractivity contribution in [1.82, 2.24) is 0 Å². The number of allylic oxidation sites excluding steroid dienone is 2. The van der Waals surface area contributed by atoms with Crippen molar-refractivity contribution >= 4 is 11.6 Å². The first-order valence-electron chi connectivity index (χ1n) is 7.77. The molecule has 0 heteroatoms. The predicted octanol–water partition coefficient (Wildman–Crippen LogP) is 5.76. The molecule has 0 heterocycles. The van der Waals surface area contributed by atoms with E-state index in [-0.39, 0.29) is 0 Å². The molecule has 21 heavy (non-hydrogen) atoms. The minimum absolute atomic E-state index is 0.876. The molecule has 2 aromatic carbocycles. The number of hydrogen-bond donors (Lipinski definition) is 0. The Hall–Kier alpha value is -2.08. The van der Waals surface area contributed by atoms with Gasteiger partial charge in [-0.05, 0) is 47.4 Å². The molecular formula is C21H22. The van der Waals surface area contributed by atoms with Gasteiger partial charge in [-0.25, -0.2) is 0 Å². The molecule has 0 spiro atoms. The van der Waals surface area contributed by atoms with Gasteiger partial charge in [-0.3, -0.25) is 0 Å². The van der Waals surface area contributed by atoms with E-state index >= 15 is 0 Å². The highest BCUT2D eigenvalue weighted by atomic mass is 14.4. The SMILES string of the molecule is C=Cc1ccccc1.CC1CC1=C1CCc2ccccc21. The Morgan fingerprint density at radius 2 is 1.62 bits per heavy atom. The van der Waals surface area contributed by atoms with E-state index in [0.29, 0.717) is 0 Å². The van der Waals surface area contributed by atoms with Gasteiger partial charge in [0, 0.05) is 0 Å². The molecule has 4 rings (SSSR count). The van der Waals surface area contributed by atoms with Crippen molar-refractivity contribution < 1.29 is 0 Å². The van der Waals surface area contributed by atoms with Crippen LogP contribution in [0.3, 0.4) is 0 Å². The second-order valence-electron chi connectivity index (χ2n) is 5.88. The second-order valence-corrected chi connectivity index (χ2v) is 5.88. The third-order valence-electron chi connectivity index (χ3n) is 4.37. The zero-order valence-corrected chi connectivity index (χ0v) is 12.7. The zero-order chi connectivity index (χ0) is 14.7. The van der Waals surface area contributed by atoms with Crippen molar-refractivity contribution in [2.24, 2.45) is 5.92 Å². The molecule has 1 atom stereocenters. The quantitative estimate of drug-likeness (QED) is 0.620. The van der Waals surface area contributed by atoms with Crippen LogP contribution in [0.25, 0.3) is 11.6 Å². The standard InChI is InChI=1S/C13H14.C8H8/c1-9-8-13(9)12-7-6-10-4-2-3-5-11(10)12;1-2-8-6-4-3-5-7-8/h2-5,9H,6-8H2,1H3;2-7H,1H2. The van der Waals surface area contributed by atoms with Crippen LogP contribution in [0.1, 0.15) is 36.5 Å². The highest BCUT2D eigenvalue weighted by Crippen LogP contribution is 2.47. The minimum atomic E-state index is 0.876. The molecule has 1 unspecified atom stereocenters. The van der Waals surface area contributed by atoms with Crippen LogP contribution in [0.15, 0.2) is 66.7 Å². The topological polar surface area (TPSA) is 0 Å². The van der Waals surface area contributed by atoms with Crippen LogP contribution < -0.4 is 0 Å². The molecule has 0 aliphatic heterocycles. The fraction of sp³-hybridized carbons (Fsp3) is 0.238. The molecule has 0 nitrogen and oxygen atoms in total. The monoisotopic (exact) mass is 274 g/mol. The Balaban J connectivity index is 0.000000143. The van der Waals surface area contributed by atoms with Crippen molar-refractivity contribution in [3.63, 3.8) is 0 Å². The summed E-state index contributed by atoms with van der Waals surface area (Å²) in [5.74, 6) is 0.876. The lowest BCUT2D eigenvalue weighted by Gasteiger charge is -1.98. The predicted molar refractivity (Wildman–Crippen MR) is 92.0 cm³/mol. The number of aryl methyl sites for hydroxylation is 1. The maximum absolute atomic E-state index is 3.63. The van der Waals surface area contributed by atoms with Gasteiger partial charge in [-0.15, -0.1) is 0 Å². The summed E-state index contributed by atoms with van der Waals surface area (Å²) in [6.07, 6.45) is 5.74. The molecule has 1 saturated carbocycles. The summed E-state index contributed by atoms with van der Waals surface area (Å²) < 4.78 is 0. The Bertz CT molecular complexity index is 661. The lowest BCUT2D eigenvalue weighted by atomic mass is 10.1. The molecule has 0 amide bonds. The van der Waals surface area contributed by atoms with Crippen LogP contribution in [0.5, 0.6) is 0 Å². The van der Waals surface area contributed by atoms with E-state index in [4.69, 9.17) is 0 Å². The van der Waals surface area contributed by atoms with Gasteiger partial charge in [0.1, 0.15) is 0 Å². The Morgan fingerprint density at radius 1 is 0.952 bits per heavy atom.